The van der Waals surface area contributed by atoms with E-state index in [0.29, 0.717) is 23.3 Å². The van der Waals surface area contributed by atoms with E-state index >= 15 is 0 Å². The lowest BCUT2D eigenvalue weighted by molar-refractivity contribution is 0.477. The molecule has 0 atom stereocenters. The maximum absolute atomic E-state index is 5.97. The Kier molecular flexibility index (Phi) is 4.51. The van der Waals surface area contributed by atoms with Crippen LogP contribution in [0.4, 0.5) is 0 Å². The molecule has 0 amide bonds. The highest BCUT2D eigenvalue weighted by Gasteiger charge is 2.08. The summed E-state index contributed by atoms with van der Waals surface area (Å²) in [6.45, 7) is 3.39. The predicted molar refractivity (Wildman–Crippen MR) is 86.5 cm³/mol. The average Bonchev–Trinajstić information content (AvgIpc) is 2.98. The molecule has 0 aliphatic carbocycles. The first kappa shape index (κ1) is 14.8. The largest absolute Gasteiger partial charge is 0.419 e. The Morgan fingerprint density at radius 1 is 1.05 bits per heavy atom. The lowest BCUT2D eigenvalue weighted by atomic mass is 10.1. The van der Waals surface area contributed by atoms with Crippen molar-refractivity contribution in [2.24, 2.45) is 0 Å². The van der Waals surface area contributed by atoms with Crippen LogP contribution in [0.2, 0.25) is 5.02 Å². The molecule has 1 aromatic heterocycles. The van der Waals surface area contributed by atoms with Gasteiger partial charge in [-0.3, -0.25) is 0 Å². The number of rotatable bonds is 5. The highest BCUT2D eigenvalue weighted by molar-refractivity contribution is 6.30. The topological polar surface area (TPSA) is 51.0 Å². The molecule has 0 aliphatic rings. The van der Waals surface area contributed by atoms with Gasteiger partial charge in [0.15, 0.2) is 0 Å². The number of benzene rings is 2. The summed E-state index contributed by atoms with van der Waals surface area (Å²) >= 11 is 5.97. The molecule has 3 rings (SSSR count). The Bertz CT molecular complexity index is 770. The van der Waals surface area contributed by atoms with Crippen molar-refractivity contribution in [3.05, 3.63) is 70.6 Å². The summed E-state index contributed by atoms with van der Waals surface area (Å²) < 4.78 is 5.65. The molecule has 112 valence electrons. The number of aryl methyl sites for hydroxylation is 1. The molecule has 5 heteroatoms. The van der Waals surface area contributed by atoms with Crippen molar-refractivity contribution in [1.29, 1.82) is 0 Å². The smallest absolute Gasteiger partial charge is 0.247 e. The zero-order valence-electron chi connectivity index (χ0n) is 12.2. The van der Waals surface area contributed by atoms with Crippen molar-refractivity contribution in [2.45, 2.75) is 20.0 Å². The highest BCUT2D eigenvalue weighted by Crippen LogP contribution is 2.21. The molecular weight excluding hydrogens is 298 g/mol. The molecule has 2 aromatic carbocycles. The van der Waals surface area contributed by atoms with Gasteiger partial charge < -0.3 is 9.73 Å². The van der Waals surface area contributed by atoms with Crippen molar-refractivity contribution < 1.29 is 4.42 Å². The van der Waals surface area contributed by atoms with E-state index in [2.05, 4.69) is 34.6 Å². The summed E-state index contributed by atoms with van der Waals surface area (Å²) in [5.74, 6) is 1.04. The molecule has 0 saturated carbocycles. The monoisotopic (exact) mass is 313 g/mol. The highest BCUT2D eigenvalue weighted by atomic mass is 35.5. The summed E-state index contributed by atoms with van der Waals surface area (Å²) in [6.07, 6.45) is 0. The fraction of sp³-hybridized carbons (Fsp3) is 0.176. The summed E-state index contributed by atoms with van der Waals surface area (Å²) in [5, 5.41) is 12.1. The molecule has 0 fully saturated rings. The summed E-state index contributed by atoms with van der Waals surface area (Å²) in [6, 6.07) is 15.6. The van der Waals surface area contributed by atoms with Gasteiger partial charge in [0.05, 0.1) is 6.54 Å². The molecule has 0 aliphatic heterocycles. The number of nitrogens with one attached hydrogen (secondary N) is 1. The maximum atomic E-state index is 5.97. The minimum absolute atomic E-state index is 0.482. The lowest BCUT2D eigenvalue weighted by Gasteiger charge is -2.05. The van der Waals surface area contributed by atoms with Gasteiger partial charge >= 0.3 is 0 Å². The van der Waals surface area contributed by atoms with Gasteiger partial charge in [-0.15, -0.1) is 10.2 Å². The molecule has 0 unspecified atom stereocenters. The second kappa shape index (κ2) is 6.73. The third-order valence-corrected chi connectivity index (χ3v) is 3.63. The van der Waals surface area contributed by atoms with Gasteiger partial charge in [-0.2, -0.15) is 0 Å². The van der Waals surface area contributed by atoms with Crippen LogP contribution in [0.5, 0.6) is 0 Å². The van der Waals surface area contributed by atoms with E-state index in [1.807, 2.05) is 30.3 Å². The van der Waals surface area contributed by atoms with E-state index in [9.17, 15) is 0 Å². The zero-order chi connectivity index (χ0) is 15.4. The predicted octanol–water partition coefficient (Wildman–Crippen LogP) is 3.99. The van der Waals surface area contributed by atoms with E-state index in [0.717, 1.165) is 12.1 Å². The van der Waals surface area contributed by atoms with Gasteiger partial charge in [0, 0.05) is 17.1 Å². The van der Waals surface area contributed by atoms with Crippen molar-refractivity contribution in [3.8, 4) is 11.5 Å². The van der Waals surface area contributed by atoms with Gasteiger partial charge in [0.2, 0.25) is 11.8 Å². The van der Waals surface area contributed by atoms with Crippen LogP contribution >= 0.6 is 11.6 Å². The average molecular weight is 314 g/mol. The molecule has 0 bridgehead atoms. The first-order chi connectivity index (χ1) is 10.7. The van der Waals surface area contributed by atoms with E-state index in [4.69, 9.17) is 16.0 Å². The van der Waals surface area contributed by atoms with Gasteiger partial charge in [-0.1, -0.05) is 41.9 Å². The number of halogens is 1. The van der Waals surface area contributed by atoms with Gasteiger partial charge in [-0.25, -0.2) is 0 Å². The molecule has 0 spiro atoms. The van der Waals surface area contributed by atoms with Crippen LogP contribution in [0.15, 0.2) is 52.9 Å². The van der Waals surface area contributed by atoms with E-state index < -0.39 is 0 Å². The van der Waals surface area contributed by atoms with Gasteiger partial charge in [-0.05, 0) is 36.2 Å². The first-order valence-electron chi connectivity index (χ1n) is 7.06. The molecule has 4 nitrogen and oxygen atoms in total. The Balaban J connectivity index is 1.62. The standard InChI is InChI=1S/C17H16ClN3O/c1-12-5-2-3-6-14(12)10-19-11-16-20-21-17(22-16)13-7-4-8-15(18)9-13/h2-9,19H,10-11H2,1H3. The molecule has 1 N–H and O–H groups in total. The Morgan fingerprint density at radius 2 is 1.91 bits per heavy atom. The summed E-state index contributed by atoms with van der Waals surface area (Å²) in [4.78, 5) is 0. The summed E-state index contributed by atoms with van der Waals surface area (Å²) in [5.41, 5.74) is 3.35. The van der Waals surface area contributed by atoms with E-state index in [1.54, 1.807) is 6.07 Å². The van der Waals surface area contributed by atoms with Crippen molar-refractivity contribution in [2.75, 3.05) is 0 Å². The van der Waals surface area contributed by atoms with Gasteiger partial charge in [0.25, 0.3) is 0 Å². The fourth-order valence-corrected chi connectivity index (χ4v) is 2.37. The fourth-order valence-electron chi connectivity index (χ4n) is 2.18. The van der Waals surface area contributed by atoms with E-state index in [1.165, 1.54) is 11.1 Å². The summed E-state index contributed by atoms with van der Waals surface area (Å²) in [7, 11) is 0. The quantitative estimate of drug-likeness (QED) is 0.774. The minimum Gasteiger partial charge on any atom is -0.419 e. The van der Waals surface area contributed by atoms with Crippen molar-refractivity contribution >= 4 is 11.6 Å². The third kappa shape index (κ3) is 3.53. The SMILES string of the molecule is Cc1ccccc1CNCc1nnc(-c2cccc(Cl)c2)o1. The second-order valence-corrected chi connectivity index (χ2v) is 5.48. The Hall–Kier alpha value is -2.17. The van der Waals surface area contributed by atoms with Crippen LogP contribution in [0.25, 0.3) is 11.5 Å². The Labute approximate surface area is 134 Å². The van der Waals surface area contributed by atoms with E-state index in [-0.39, 0.29) is 0 Å². The molecular formula is C17H16ClN3O. The Morgan fingerprint density at radius 3 is 2.73 bits per heavy atom. The van der Waals surface area contributed by atoms with Crippen molar-refractivity contribution in [3.63, 3.8) is 0 Å². The van der Waals surface area contributed by atoms with Crippen LogP contribution in [0, 0.1) is 6.92 Å². The molecule has 0 saturated heterocycles. The lowest BCUT2D eigenvalue weighted by Crippen LogP contribution is -2.13. The second-order valence-electron chi connectivity index (χ2n) is 5.04. The number of aromatic nitrogens is 2. The molecule has 0 radical (unpaired) electrons. The first-order valence-corrected chi connectivity index (χ1v) is 7.44. The molecule has 3 aromatic rings. The van der Waals surface area contributed by atoms with Gasteiger partial charge in [0.1, 0.15) is 0 Å². The van der Waals surface area contributed by atoms with Crippen molar-refractivity contribution in [1.82, 2.24) is 15.5 Å². The normalized spacial score (nSPS) is 10.8. The number of nitrogens with zero attached hydrogens (tertiary/aromatic N) is 2. The third-order valence-electron chi connectivity index (χ3n) is 3.39. The van der Waals surface area contributed by atoms with Crippen LogP contribution < -0.4 is 5.32 Å². The van der Waals surface area contributed by atoms with Crippen LogP contribution in [0.3, 0.4) is 0 Å². The van der Waals surface area contributed by atoms with Crippen LogP contribution in [0.1, 0.15) is 17.0 Å². The zero-order valence-corrected chi connectivity index (χ0v) is 13.0. The maximum Gasteiger partial charge on any atom is 0.247 e. The minimum atomic E-state index is 0.482. The number of hydrogen-bond acceptors (Lipinski definition) is 4. The van der Waals surface area contributed by atoms with Crippen LogP contribution in [-0.4, -0.2) is 10.2 Å². The number of hydrogen-bond donors (Lipinski definition) is 1. The molecule has 22 heavy (non-hydrogen) atoms. The molecule has 1 heterocycles. The van der Waals surface area contributed by atoms with Crippen LogP contribution in [-0.2, 0) is 13.1 Å².